The van der Waals surface area contributed by atoms with Gasteiger partial charge in [0.25, 0.3) is 0 Å². The minimum atomic E-state index is -0.831. The molecule has 116 valence electrons. The van der Waals surface area contributed by atoms with E-state index in [2.05, 4.69) is 22.6 Å². The Balaban J connectivity index is 1.84. The number of nitrogens with two attached hydrogens (primary N) is 1. The summed E-state index contributed by atoms with van der Waals surface area (Å²) in [5.74, 6) is 0.424. The van der Waals surface area contributed by atoms with Gasteiger partial charge >= 0.3 is 0 Å². The van der Waals surface area contributed by atoms with Crippen molar-refractivity contribution in [2.75, 3.05) is 33.4 Å². The third-order valence-corrected chi connectivity index (χ3v) is 5.84. The summed E-state index contributed by atoms with van der Waals surface area (Å²) in [6.45, 7) is 2.95. The molecule has 3 rings (SSSR count). The molecule has 4 unspecified atom stereocenters. The summed E-state index contributed by atoms with van der Waals surface area (Å²) in [5, 5.41) is 6.62. The van der Waals surface area contributed by atoms with Gasteiger partial charge in [-0.3, -0.25) is 4.90 Å². The lowest BCUT2D eigenvalue weighted by Crippen LogP contribution is -2.70. The van der Waals surface area contributed by atoms with Gasteiger partial charge in [0.15, 0.2) is 0 Å². The molecule has 0 aromatic carbocycles. The molecule has 2 heterocycles. The predicted octanol–water partition coefficient (Wildman–Crippen LogP) is 0.683. The molecule has 1 saturated carbocycles. The van der Waals surface area contributed by atoms with Crippen LogP contribution >= 0.6 is 0 Å². The van der Waals surface area contributed by atoms with Gasteiger partial charge in [0, 0.05) is 43.8 Å². The Bertz CT molecular complexity index is 334. The summed E-state index contributed by atoms with van der Waals surface area (Å²) >= 11 is 0. The second kappa shape index (κ2) is 5.87. The van der Waals surface area contributed by atoms with E-state index >= 15 is 0 Å². The van der Waals surface area contributed by atoms with E-state index in [4.69, 9.17) is 5.73 Å². The zero-order valence-corrected chi connectivity index (χ0v) is 12.6. The smallest absolute Gasteiger partial charge is 0.119 e. The van der Waals surface area contributed by atoms with Crippen molar-refractivity contribution in [2.45, 2.75) is 49.9 Å². The van der Waals surface area contributed by atoms with Crippen LogP contribution < -0.4 is 16.4 Å². The van der Waals surface area contributed by atoms with Gasteiger partial charge in [-0.05, 0) is 25.8 Å². The first-order valence-corrected chi connectivity index (χ1v) is 8.17. The minimum absolute atomic E-state index is 0.0492. The third-order valence-electron chi connectivity index (χ3n) is 5.84. The Morgan fingerprint density at radius 1 is 1.15 bits per heavy atom. The average Bonchev–Trinajstić information content (AvgIpc) is 2.86. The Morgan fingerprint density at radius 3 is 2.55 bits per heavy atom. The summed E-state index contributed by atoms with van der Waals surface area (Å²) in [4.78, 5) is 2.24. The SMILES string of the molecule is CN1CNCC1C1C(F)CNCC1(N)C1CCCCC1. The largest absolute Gasteiger partial charge is 0.323 e. The molecule has 0 aromatic rings. The van der Waals surface area contributed by atoms with Crippen molar-refractivity contribution in [2.24, 2.45) is 17.6 Å². The van der Waals surface area contributed by atoms with Crippen LogP contribution in [0.15, 0.2) is 0 Å². The molecular weight excluding hydrogens is 255 g/mol. The summed E-state index contributed by atoms with van der Waals surface area (Å²) < 4.78 is 14.7. The molecule has 2 saturated heterocycles. The summed E-state index contributed by atoms with van der Waals surface area (Å²) in [6.07, 6.45) is 5.34. The van der Waals surface area contributed by atoms with E-state index in [-0.39, 0.29) is 17.5 Å². The Morgan fingerprint density at radius 2 is 1.90 bits per heavy atom. The molecule has 0 amide bonds. The monoisotopic (exact) mass is 284 g/mol. The van der Waals surface area contributed by atoms with E-state index < -0.39 is 6.17 Å². The van der Waals surface area contributed by atoms with Gasteiger partial charge in [-0.15, -0.1) is 0 Å². The van der Waals surface area contributed by atoms with Crippen molar-refractivity contribution in [3.8, 4) is 0 Å². The maximum absolute atomic E-state index is 14.7. The van der Waals surface area contributed by atoms with Crippen LogP contribution in [0.2, 0.25) is 0 Å². The van der Waals surface area contributed by atoms with Crippen LogP contribution in [0.25, 0.3) is 0 Å². The van der Waals surface area contributed by atoms with Crippen LogP contribution in [0.5, 0.6) is 0 Å². The van der Waals surface area contributed by atoms with Gasteiger partial charge < -0.3 is 16.4 Å². The molecule has 4 nitrogen and oxygen atoms in total. The van der Waals surface area contributed by atoms with E-state index in [0.29, 0.717) is 12.5 Å². The van der Waals surface area contributed by atoms with Crippen LogP contribution in [0.1, 0.15) is 32.1 Å². The highest BCUT2D eigenvalue weighted by molar-refractivity contribution is 5.10. The van der Waals surface area contributed by atoms with Gasteiger partial charge in [-0.25, -0.2) is 4.39 Å². The Kier molecular flexibility index (Phi) is 4.32. The van der Waals surface area contributed by atoms with Gasteiger partial charge in [-0.1, -0.05) is 19.3 Å². The van der Waals surface area contributed by atoms with Crippen molar-refractivity contribution in [3.63, 3.8) is 0 Å². The summed E-state index contributed by atoms with van der Waals surface area (Å²) in [6, 6.07) is 0.235. The number of hydrogen-bond acceptors (Lipinski definition) is 4. The fourth-order valence-electron chi connectivity index (χ4n) is 4.73. The molecule has 20 heavy (non-hydrogen) atoms. The number of nitrogens with one attached hydrogen (secondary N) is 2. The predicted molar refractivity (Wildman–Crippen MR) is 79.2 cm³/mol. The van der Waals surface area contributed by atoms with Crippen molar-refractivity contribution in [1.29, 1.82) is 0 Å². The van der Waals surface area contributed by atoms with Crippen molar-refractivity contribution in [1.82, 2.24) is 15.5 Å². The normalized spacial score (nSPS) is 44.9. The number of likely N-dealkylation sites (N-methyl/N-ethyl adjacent to an activating group) is 1. The first kappa shape index (κ1) is 14.7. The number of rotatable bonds is 2. The van der Waals surface area contributed by atoms with Crippen LogP contribution in [-0.4, -0.2) is 56.0 Å². The van der Waals surface area contributed by atoms with Gasteiger partial charge in [0.2, 0.25) is 0 Å². The van der Waals surface area contributed by atoms with E-state index in [1.54, 1.807) is 0 Å². The summed E-state index contributed by atoms with van der Waals surface area (Å²) in [5.41, 5.74) is 6.47. The lowest BCUT2D eigenvalue weighted by molar-refractivity contribution is 0.00121. The Labute approximate surface area is 121 Å². The number of hydrogen-bond donors (Lipinski definition) is 3. The highest BCUT2D eigenvalue weighted by Gasteiger charge is 2.52. The minimum Gasteiger partial charge on any atom is -0.323 e. The molecule has 4 atom stereocenters. The number of alkyl halides is 1. The fraction of sp³-hybridized carbons (Fsp3) is 1.00. The molecule has 0 aromatic heterocycles. The van der Waals surface area contributed by atoms with Crippen LogP contribution in [0.3, 0.4) is 0 Å². The van der Waals surface area contributed by atoms with Crippen molar-refractivity contribution in [3.05, 3.63) is 0 Å². The maximum atomic E-state index is 14.7. The first-order valence-electron chi connectivity index (χ1n) is 8.17. The lowest BCUT2D eigenvalue weighted by atomic mass is 9.63. The van der Waals surface area contributed by atoms with Gasteiger partial charge in [0.1, 0.15) is 6.17 Å². The number of nitrogens with zero attached hydrogens (tertiary/aromatic N) is 1. The molecule has 0 bridgehead atoms. The molecular formula is C15H29FN4. The van der Waals surface area contributed by atoms with E-state index in [1.807, 2.05) is 0 Å². The highest BCUT2D eigenvalue weighted by Crippen LogP contribution is 2.41. The van der Waals surface area contributed by atoms with E-state index in [0.717, 1.165) is 19.8 Å². The second-order valence-electron chi connectivity index (χ2n) is 7.06. The topological polar surface area (TPSA) is 53.3 Å². The molecule has 3 aliphatic rings. The molecule has 1 aliphatic carbocycles. The standard InChI is InChI=1S/C15H29FN4/c1-20-10-19-8-13(20)14-12(16)7-18-9-15(14,17)11-5-3-2-4-6-11/h11-14,18-19H,2-10,17H2,1H3. The Hall–Kier alpha value is -0.230. The maximum Gasteiger partial charge on any atom is 0.119 e. The van der Waals surface area contributed by atoms with Gasteiger partial charge in [0.05, 0.1) is 0 Å². The lowest BCUT2D eigenvalue weighted by Gasteiger charge is -2.52. The quantitative estimate of drug-likeness (QED) is 0.698. The van der Waals surface area contributed by atoms with Crippen LogP contribution in [0, 0.1) is 11.8 Å². The van der Waals surface area contributed by atoms with E-state index in [9.17, 15) is 4.39 Å². The first-order chi connectivity index (χ1) is 9.63. The fourth-order valence-corrected chi connectivity index (χ4v) is 4.73. The molecule has 0 radical (unpaired) electrons. The van der Waals surface area contributed by atoms with Gasteiger partial charge in [-0.2, -0.15) is 0 Å². The second-order valence-corrected chi connectivity index (χ2v) is 7.06. The molecule has 4 N–H and O–H groups in total. The molecule has 5 heteroatoms. The molecule has 2 aliphatic heterocycles. The zero-order chi connectivity index (χ0) is 14.2. The van der Waals surface area contributed by atoms with E-state index in [1.165, 1.54) is 32.1 Å². The molecule has 0 spiro atoms. The molecule has 3 fully saturated rings. The average molecular weight is 284 g/mol. The third kappa shape index (κ3) is 2.49. The van der Waals surface area contributed by atoms with Crippen LogP contribution in [0.4, 0.5) is 4.39 Å². The zero-order valence-electron chi connectivity index (χ0n) is 12.6. The number of piperidine rings is 1. The van der Waals surface area contributed by atoms with Crippen LogP contribution in [-0.2, 0) is 0 Å². The highest BCUT2D eigenvalue weighted by atomic mass is 19.1. The number of halogens is 1. The van der Waals surface area contributed by atoms with Crippen molar-refractivity contribution >= 4 is 0 Å². The van der Waals surface area contributed by atoms with Crippen molar-refractivity contribution < 1.29 is 4.39 Å². The summed E-state index contributed by atoms with van der Waals surface area (Å²) in [7, 11) is 2.08.